The molecule has 0 spiro atoms. The molecule has 2 unspecified atom stereocenters. The molecular formula is C19H21ClN2O4S. The number of sulfonamides is 1. The maximum Gasteiger partial charge on any atom is 0.261 e. The zero-order valence-corrected chi connectivity index (χ0v) is 16.6. The Hall–Kier alpha value is -2.09. The average molecular weight is 409 g/mol. The van der Waals surface area contributed by atoms with Crippen LogP contribution in [-0.2, 0) is 14.8 Å². The molecule has 0 bridgehead atoms. The quantitative estimate of drug-likeness (QED) is 0.841. The molecule has 144 valence electrons. The first-order chi connectivity index (χ1) is 12.7. The van der Waals surface area contributed by atoms with Crippen LogP contribution in [0.4, 0.5) is 5.69 Å². The van der Waals surface area contributed by atoms with E-state index in [2.05, 4.69) is 4.72 Å². The summed E-state index contributed by atoms with van der Waals surface area (Å²) in [5.41, 5.74) is 0.681. The number of nitrogens with one attached hydrogen (secondary N) is 1. The van der Waals surface area contributed by atoms with Crippen molar-refractivity contribution in [1.82, 2.24) is 4.90 Å². The molecule has 2 atom stereocenters. The van der Waals surface area contributed by atoms with Gasteiger partial charge in [-0.1, -0.05) is 23.7 Å². The van der Waals surface area contributed by atoms with Crippen LogP contribution in [0.1, 0.15) is 24.2 Å². The second kappa shape index (κ2) is 7.88. The summed E-state index contributed by atoms with van der Waals surface area (Å²) in [5, 5.41) is 0.426. The number of carbonyl (C=O) groups is 1. The summed E-state index contributed by atoms with van der Waals surface area (Å²) in [5.74, 6) is -0.211. The standard InChI is InChI=1S/C19H21ClN2O4S/c1-13-11-22(12-14(2)26-13)19(23)15-5-3-8-18(9-15)27(24,25)21-17-7-4-6-16(20)10-17/h3-10,13-14,21H,11-12H2,1-2H3. The molecule has 0 saturated carbocycles. The first-order valence-electron chi connectivity index (χ1n) is 8.58. The minimum absolute atomic E-state index is 0.0164. The fourth-order valence-electron chi connectivity index (χ4n) is 3.09. The zero-order valence-electron chi connectivity index (χ0n) is 15.1. The number of anilines is 1. The van der Waals surface area contributed by atoms with Crippen molar-refractivity contribution in [3.63, 3.8) is 0 Å². The van der Waals surface area contributed by atoms with Crippen LogP contribution in [0.25, 0.3) is 0 Å². The fraction of sp³-hybridized carbons (Fsp3) is 0.316. The van der Waals surface area contributed by atoms with Crippen molar-refractivity contribution in [3.05, 3.63) is 59.1 Å². The Morgan fingerprint density at radius 1 is 1.11 bits per heavy atom. The second-order valence-corrected chi connectivity index (χ2v) is 8.73. The van der Waals surface area contributed by atoms with Gasteiger partial charge in [-0.15, -0.1) is 0 Å². The van der Waals surface area contributed by atoms with Gasteiger partial charge in [0, 0.05) is 23.7 Å². The van der Waals surface area contributed by atoms with E-state index in [0.717, 1.165) is 0 Å². The number of halogens is 1. The molecule has 0 radical (unpaired) electrons. The van der Waals surface area contributed by atoms with Crippen molar-refractivity contribution in [2.75, 3.05) is 17.8 Å². The second-order valence-electron chi connectivity index (χ2n) is 6.61. The van der Waals surface area contributed by atoms with Crippen LogP contribution in [0.15, 0.2) is 53.4 Å². The Kier molecular flexibility index (Phi) is 5.74. The molecule has 3 rings (SSSR count). The highest BCUT2D eigenvalue weighted by Gasteiger charge is 2.27. The number of amides is 1. The molecule has 0 aromatic heterocycles. The van der Waals surface area contributed by atoms with Crippen LogP contribution in [0, 0.1) is 0 Å². The molecule has 2 aromatic carbocycles. The summed E-state index contributed by atoms with van der Waals surface area (Å²) in [6.07, 6.45) is -0.122. The average Bonchev–Trinajstić information content (AvgIpc) is 2.60. The molecule has 1 N–H and O–H groups in total. The molecular weight excluding hydrogens is 388 g/mol. The number of nitrogens with zero attached hydrogens (tertiary/aromatic N) is 1. The third-order valence-corrected chi connectivity index (χ3v) is 5.79. The highest BCUT2D eigenvalue weighted by atomic mass is 35.5. The van der Waals surface area contributed by atoms with E-state index in [1.165, 1.54) is 18.2 Å². The van der Waals surface area contributed by atoms with Crippen molar-refractivity contribution in [3.8, 4) is 0 Å². The van der Waals surface area contributed by atoms with Gasteiger partial charge in [0.2, 0.25) is 0 Å². The lowest BCUT2D eigenvalue weighted by molar-refractivity contribution is -0.0586. The highest BCUT2D eigenvalue weighted by molar-refractivity contribution is 7.92. The van der Waals surface area contributed by atoms with Gasteiger partial charge < -0.3 is 9.64 Å². The monoisotopic (exact) mass is 408 g/mol. The number of hydrogen-bond donors (Lipinski definition) is 1. The normalized spacial score (nSPS) is 20.3. The third kappa shape index (κ3) is 4.80. The first kappa shape index (κ1) is 19.7. The van der Waals surface area contributed by atoms with Crippen LogP contribution in [0.2, 0.25) is 5.02 Å². The van der Waals surface area contributed by atoms with Gasteiger partial charge in [0.15, 0.2) is 0 Å². The van der Waals surface area contributed by atoms with Crippen molar-refractivity contribution in [2.45, 2.75) is 31.0 Å². The Balaban J connectivity index is 1.83. The first-order valence-corrected chi connectivity index (χ1v) is 10.4. The molecule has 1 aliphatic rings. The number of benzene rings is 2. The summed E-state index contributed by atoms with van der Waals surface area (Å²) in [6.45, 7) is 4.76. The van der Waals surface area contributed by atoms with Crippen molar-refractivity contribution in [2.24, 2.45) is 0 Å². The van der Waals surface area contributed by atoms with Crippen LogP contribution >= 0.6 is 11.6 Å². The molecule has 2 aromatic rings. The van der Waals surface area contributed by atoms with Gasteiger partial charge in [-0.05, 0) is 50.2 Å². The summed E-state index contributed by atoms with van der Waals surface area (Å²) in [7, 11) is -3.84. The number of morpholine rings is 1. The van der Waals surface area contributed by atoms with Gasteiger partial charge >= 0.3 is 0 Å². The Morgan fingerprint density at radius 2 is 1.78 bits per heavy atom. The lowest BCUT2D eigenvalue weighted by Crippen LogP contribution is -2.48. The maximum atomic E-state index is 12.8. The third-order valence-electron chi connectivity index (χ3n) is 4.17. The van der Waals surface area contributed by atoms with E-state index >= 15 is 0 Å². The smallest absolute Gasteiger partial charge is 0.261 e. The van der Waals surface area contributed by atoms with E-state index in [1.807, 2.05) is 13.8 Å². The van der Waals surface area contributed by atoms with E-state index in [1.54, 1.807) is 35.2 Å². The largest absolute Gasteiger partial charge is 0.372 e. The number of rotatable bonds is 4. The van der Waals surface area contributed by atoms with E-state index in [9.17, 15) is 13.2 Å². The SMILES string of the molecule is CC1CN(C(=O)c2cccc(S(=O)(=O)Nc3cccc(Cl)c3)c2)CC(C)O1. The summed E-state index contributed by atoms with van der Waals surface area (Å²) in [4.78, 5) is 14.5. The lowest BCUT2D eigenvalue weighted by atomic mass is 10.1. The molecule has 1 amide bonds. The number of carbonyl (C=O) groups excluding carboxylic acids is 1. The van der Waals surface area contributed by atoms with Crippen molar-refractivity contribution in [1.29, 1.82) is 0 Å². The van der Waals surface area contributed by atoms with E-state index in [-0.39, 0.29) is 23.0 Å². The Morgan fingerprint density at radius 3 is 2.44 bits per heavy atom. The van der Waals surface area contributed by atoms with Crippen LogP contribution in [-0.4, -0.2) is 44.5 Å². The zero-order chi connectivity index (χ0) is 19.6. The molecule has 6 nitrogen and oxygen atoms in total. The van der Waals surface area contributed by atoms with Gasteiger partial charge in [0.1, 0.15) is 0 Å². The molecule has 1 saturated heterocycles. The van der Waals surface area contributed by atoms with Crippen molar-refractivity contribution < 1.29 is 17.9 Å². The van der Waals surface area contributed by atoms with Crippen LogP contribution in [0.5, 0.6) is 0 Å². The molecule has 1 aliphatic heterocycles. The van der Waals surface area contributed by atoms with Gasteiger partial charge in [-0.3, -0.25) is 9.52 Å². The molecule has 8 heteroatoms. The highest BCUT2D eigenvalue weighted by Crippen LogP contribution is 2.21. The molecule has 0 aliphatic carbocycles. The minimum Gasteiger partial charge on any atom is -0.372 e. The topological polar surface area (TPSA) is 75.7 Å². The van der Waals surface area contributed by atoms with Gasteiger partial charge in [-0.2, -0.15) is 0 Å². The Labute approximate surface area is 164 Å². The predicted molar refractivity (Wildman–Crippen MR) is 105 cm³/mol. The molecule has 1 heterocycles. The van der Waals surface area contributed by atoms with E-state index in [0.29, 0.717) is 29.4 Å². The maximum absolute atomic E-state index is 12.8. The van der Waals surface area contributed by atoms with Crippen LogP contribution in [0.3, 0.4) is 0 Å². The van der Waals surface area contributed by atoms with E-state index in [4.69, 9.17) is 16.3 Å². The summed E-state index contributed by atoms with van der Waals surface area (Å²) in [6, 6.07) is 12.5. The minimum atomic E-state index is -3.84. The molecule has 1 fully saturated rings. The number of ether oxygens (including phenoxy) is 1. The number of hydrogen-bond acceptors (Lipinski definition) is 4. The van der Waals surface area contributed by atoms with Gasteiger partial charge in [0.05, 0.1) is 22.8 Å². The predicted octanol–water partition coefficient (Wildman–Crippen LogP) is 3.39. The fourth-order valence-corrected chi connectivity index (χ4v) is 4.37. The Bertz CT molecular complexity index is 938. The van der Waals surface area contributed by atoms with Crippen LogP contribution < -0.4 is 4.72 Å². The van der Waals surface area contributed by atoms with E-state index < -0.39 is 10.0 Å². The lowest BCUT2D eigenvalue weighted by Gasteiger charge is -2.35. The molecule has 27 heavy (non-hydrogen) atoms. The van der Waals surface area contributed by atoms with Crippen molar-refractivity contribution >= 4 is 33.2 Å². The van der Waals surface area contributed by atoms with Gasteiger partial charge in [0.25, 0.3) is 15.9 Å². The van der Waals surface area contributed by atoms with Gasteiger partial charge in [-0.25, -0.2) is 8.42 Å². The summed E-state index contributed by atoms with van der Waals surface area (Å²) < 4.78 is 33.5. The summed E-state index contributed by atoms with van der Waals surface area (Å²) >= 11 is 5.90.